The molecule has 0 saturated heterocycles. The van der Waals surface area contributed by atoms with Crippen LogP contribution in [-0.4, -0.2) is 20.6 Å². The molecule has 0 aromatic carbocycles. The summed E-state index contributed by atoms with van der Waals surface area (Å²) >= 11 is 0. The van der Waals surface area contributed by atoms with Gasteiger partial charge in [-0.25, -0.2) is 9.78 Å². The molecule has 1 N–H and O–H groups in total. The van der Waals surface area contributed by atoms with Crippen molar-refractivity contribution in [2.45, 2.75) is 13.5 Å². The average Bonchev–Trinajstić information content (AvgIpc) is 2.34. The number of hydrogen-bond acceptors (Lipinski definition) is 2. The van der Waals surface area contributed by atoms with Crippen LogP contribution in [0.4, 0.5) is 0 Å². The number of carboxylic acids is 1. The maximum atomic E-state index is 10.5. The van der Waals surface area contributed by atoms with E-state index in [9.17, 15) is 4.79 Å². The summed E-state index contributed by atoms with van der Waals surface area (Å²) < 4.78 is 1.73. The summed E-state index contributed by atoms with van der Waals surface area (Å²) in [5.41, 5.74) is 0.0781. The van der Waals surface area contributed by atoms with E-state index in [-0.39, 0.29) is 5.69 Å². The first-order chi connectivity index (χ1) is 5.65. The second kappa shape index (κ2) is 3.21. The molecule has 0 fully saturated rings. The molecule has 0 bridgehead atoms. The molecular weight excluding hydrogens is 156 g/mol. The Morgan fingerprint density at radius 3 is 3.00 bits per heavy atom. The molecule has 1 heterocycles. The fraction of sp³-hybridized carbons (Fsp3) is 0.250. The third-order valence-corrected chi connectivity index (χ3v) is 1.52. The lowest BCUT2D eigenvalue weighted by Crippen LogP contribution is -1.96. The van der Waals surface area contributed by atoms with Gasteiger partial charge < -0.3 is 9.67 Å². The first-order valence-corrected chi connectivity index (χ1v) is 3.53. The highest BCUT2D eigenvalue weighted by Crippen LogP contribution is 2.01. The topological polar surface area (TPSA) is 55.1 Å². The summed E-state index contributed by atoms with van der Waals surface area (Å²) in [6, 6.07) is 0. The summed E-state index contributed by atoms with van der Waals surface area (Å²) in [5, 5.41) is 8.59. The van der Waals surface area contributed by atoms with Crippen LogP contribution >= 0.6 is 0 Å². The van der Waals surface area contributed by atoms with Gasteiger partial charge in [-0.15, -0.1) is 6.58 Å². The predicted octanol–water partition coefficient (Wildman–Crippen LogP) is 1.08. The molecule has 1 aromatic rings. The standard InChI is InChI=1S/C8H10N2O2/c1-3-4-10-5-7(8(11)12)9-6(10)2/h3,5H,1,4H2,2H3,(H,11,12). The Kier molecular flexibility index (Phi) is 2.28. The van der Waals surface area contributed by atoms with E-state index >= 15 is 0 Å². The number of carboxylic acid groups (broad SMARTS) is 1. The van der Waals surface area contributed by atoms with E-state index in [0.717, 1.165) is 0 Å². The van der Waals surface area contributed by atoms with Gasteiger partial charge in [-0.2, -0.15) is 0 Å². The van der Waals surface area contributed by atoms with E-state index in [1.165, 1.54) is 6.20 Å². The van der Waals surface area contributed by atoms with Gasteiger partial charge in [0.05, 0.1) is 0 Å². The number of aromatic nitrogens is 2. The Bertz CT molecular complexity index is 315. The van der Waals surface area contributed by atoms with E-state index in [4.69, 9.17) is 5.11 Å². The Morgan fingerprint density at radius 2 is 2.58 bits per heavy atom. The van der Waals surface area contributed by atoms with E-state index in [1.807, 2.05) is 0 Å². The number of aryl methyl sites for hydroxylation is 1. The highest BCUT2D eigenvalue weighted by molar-refractivity contribution is 5.85. The van der Waals surface area contributed by atoms with Crippen molar-refractivity contribution in [2.24, 2.45) is 0 Å². The van der Waals surface area contributed by atoms with Gasteiger partial charge in [0.25, 0.3) is 0 Å². The summed E-state index contributed by atoms with van der Waals surface area (Å²) in [7, 11) is 0. The zero-order valence-corrected chi connectivity index (χ0v) is 6.82. The van der Waals surface area contributed by atoms with Crippen molar-refractivity contribution < 1.29 is 9.90 Å². The van der Waals surface area contributed by atoms with Crippen molar-refractivity contribution in [3.8, 4) is 0 Å². The van der Waals surface area contributed by atoms with Gasteiger partial charge in [0.2, 0.25) is 0 Å². The maximum Gasteiger partial charge on any atom is 0.356 e. The number of carbonyl (C=O) groups is 1. The van der Waals surface area contributed by atoms with Crippen molar-refractivity contribution in [1.29, 1.82) is 0 Å². The van der Waals surface area contributed by atoms with E-state index < -0.39 is 5.97 Å². The second-order valence-electron chi connectivity index (χ2n) is 2.42. The molecule has 4 heteroatoms. The SMILES string of the molecule is C=CCn1cc(C(=O)O)nc1C. The minimum absolute atomic E-state index is 0.0781. The molecule has 1 rings (SSSR count). The van der Waals surface area contributed by atoms with Gasteiger partial charge >= 0.3 is 5.97 Å². The number of allylic oxidation sites excluding steroid dienone is 1. The third-order valence-electron chi connectivity index (χ3n) is 1.52. The number of hydrogen-bond donors (Lipinski definition) is 1. The molecule has 1 aromatic heterocycles. The van der Waals surface area contributed by atoms with Crippen LogP contribution in [0.5, 0.6) is 0 Å². The summed E-state index contributed by atoms with van der Waals surface area (Å²) in [4.78, 5) is 14.3. The first kappa shape index (κ1) is 8.52. The fourth-order valence-corrected chi connectivity index (χ4v) is 0.935. The lowest BCUT2D eigenvalue weighted by Gasteiger charge is -1.96. The average molecular weight is 166 g/mol. The fourth-order valence-electron chi connectivity index (χ4n) is 0.935. The van der Waals surface area contributed by atoms with Crippen LogP contribution in [0, 0.1) is 6.92 Å². The Balaban J connectivity index is 2.99. The molecule has 0 aliphatic carbocycles. The molecule has 0 radical (unpaired) electrons. The van der Waals surface area contributed by atoms with Crippen molar-refractivity contribution in [3.63, 3.8) is 0 Å². The van der Waals surface area contributed by atoms with Crippen molar-refractivity contribution >= 4 is 5.97 Å². The van der Waals surface area contributed by atoms with Crippen LogP contribution < -0.4 is 0 Å². The van der Waals surface area contributed by atoms with E-state index in [1.54, 1.807) is 17.6 Å². The van der Waals surface area contributed by atoms with E-state index in [2.05, 4.69) is 11.6 Å². The molecule has 0 amide bonds. The Hall–Kier alpha value is -1.58. The van der Waals surface area contributed by atoms with Crippen LogP contribution in [0.15, 0.2) is 18.9 Å². The van der Waals surface area contributed by atoms with Crippen molar-refractivity contribution in [1.82, 2.24) is 9.55 Å². The molecule has 0 aliphatic heterocycles. The monoisotopic (exact) mass is 166 g/mol. The molecular formula is C8H10N2O2. The van der Waals surface area contributed by atoms with E-state index in [0.29, 0.717) is 12.4 Å². The largest absolute Gasteiger partial charge is 0.476 e. The lowest BCUT2D eigenvalue weighted by atomic mass is 10.5. The molecule has 12 heavy (non-hydrogen) atoms. The molecule has 0 aliphatic rings. The molecule has 4 nitrogen and oxygen atoms in total. The van der Waals surface area contributed by atoms with Crippen LogP contribution in [0.25, 0.3) is 0 Å². The number of imidazole rings is 1. The van der Waals surface area contributed by atoms with Crippen molar-refractivity contribution in [3.05, 3.63) is 30.4 Å². The van der Waals surface area contributed by atoms with Crippen molar-refractivity contribution in [2.75, 3.05) is 0 Å². The zero-order chi connectivity index (χ0) is 9.14. The molecule has 0 spiro atoms. The van der Waals surface area contributed by atoms with Crippen LogP contribution in [-0.2, 0) is 6.54 Å². The minimum atomic E-state index is -0.999. The molecule has 64 valence electrons. The molecule has 0 unspecified atom stereocenters. The summed E-state index contributed by atoms with van der Waals surface area (Å²) in [6.45, 7) is 5.90. The van der Waals surface area contributed by atoms with Gasteiger partial charge in [0.15, 0.2) is 5.69 Å². The van der Waals surface area contributed by atoms with Gasteiger partial charge in [-0.3, -0.25) is 0 Å². The predicted molar refractivity (Wildman–Crippen MR) is 44.1 cm³/mol. The normalized spacial score (nSPS) is 9.75. The highest BCUT2D eigenvalue weighted by Gasteiger charge is 2.08. The smallest absolute Gasteiger partial charge is 0.356 e. The number of rotatable bonds is 3. The zero-order valence-electron chi connectivity index (χ0n) is 6.82. The maximum absolute atomic E-state index is 10.5. The summed E-state index contributed by atoms with van der Waals surface area (Å²) in [5.74, 6) is -0.312. The van der Waals surface area contributed by atoms with Gasteiger partial charge in [0, 0.05) is 12.7 Å². The Labute approximate surface area is 70.2 Å². The van der Waals surface area contributed by atoms with Gasteiger partial charge in [-0.1, -0.05) is 6.08 Å². The quantitative estimate of drug-likeness (QED) is 0.683. The number of aromatic carboxylic acids is 1. The summed E-state index contributed by atoms with van der Waals surface area (Å²) in [6.07, 6.45) is 3.19. The molecule has 0 atom stereocenters. The van der Waals surface area contributed by atoms with Gasteiger partial charge in [-0.05, 0) is 6.92 Å². The third kappa shape index (κ3) is 1.53. The second-order valence-corrected chi connectivity index (χ2v) is 2.42. The van der Waals surface area contributed by atoms with Crippen LogP contribution in [0.2, 0.25) is 0 Å². The van der Waals surface area contributed by atoms with Gasteiger partial charge in [0.1, 0.15) is 5.82 Å². The van der Waals surface area contributed by atoms with Crippen LogP contribution in [0.1, 0.15) is 16.3 Å². The van der Waals surface area contributed by atoms with Crippen LogP contribution in [0.3, 0.4) is 0 Å². The highest BCUT2D eigenvalue weighted by atomic mass is 16.4. The minimum Gasteiger partial charge on any atom is -0.476 e. The first-order valence-electron chi connectivity index (χ1n) is 3.53. The molecule has 0 saturated carbocycles. The number of nitrogens with zero attached hydrogens (tertiary/aromatic N) is 2. The lowest BCUT2D eigenvalue weighted by molar-refractivity contribution is 0.0691. The Morgan fingerprint density at radius 1 is 1.92 bits per heavy atom.